The Labute approximate surface area is 129 Å². The number of amides is 1. The van der Waals surface area contributed by atoms with E-state index in [0.717, 1.165) is 16.7 Å². The Morgan fingerprint density at radius 3 is 2.71 bits per heavy atom. The number of hydrogen-bond acceptors (Lipinski definition) is 2. The van der Waals surface area contributed by atoms with Gasteiger partial charge in [0, 0.05) is 22.5 Å². The Morgan fingerprint density at radius 1 is 1.24 bits per heavy atom. The van der Waals surface area contributed by atoms with Crippen LogP contribution in [0.15, 0.2) is 42.5 Å². The van der Waals surface area contributed by atoms with Gasteiger partial charge >= 0.3 is 0 Å². The topological polar surface area (TPSA) is 55.1 Å². The van der Waals surface area contributed by atoms with E-state index in [4.69, 9.17) is 17.3 Å². The molecule has 0 saturated heterocycles. The minimum Gasteiger partial charge on any atom is -0.398 e. The van der Waals surface area contributed by atoms with Crippen LogP contribution in [0.25, 0.3) is 6.08 Å². The molecule has 0 aliphatic rings. The van der Waals surface area contributed by atoms with Crippen LogP contribution in [-0.2, 0) is 4.79 Å². The molecule has 4 heteroatoms. The van der Waals surface area contributed by atoms with E-state index in [9.17, 15) is 4.79 Å². The van der Waals surface area contributed by atoms with Crippen molar-refractivity contribution >= 4 is 35.0 Å². The highest BCUT2D eigenvalue weighted by atomic mass is 35.5. The van der Waals surface area contributed by atoms with Crippen LogP contribution in [0.3, 0.4) is 0 Å². The van der Waals surface area contributed by atoms with Crippen LogP contribution in [0.1, 0.15) is 16.7 Å². The molecule has 2 rings (SSSR count). The number of nitrogens with one attached hydrogen (secondary N) is 1. The van der Waals surface area contributed by atoms with E-state index < -0.39 is 0 Å². The van der Waals surface area contributed by atoms with E-state index in [1.54, 1.807) is 18.2 Å². The highest BCUT2D eigenvalue weighted by molar-refractivity contribution is 6.31. The maximum absolute atomic E-state index is 11.9. The molecular formula is C17H17ClN2O. The molecule has 0 radical (unpaired) electrons. The number of carbonyl (C=O) groups is 1. The molecule has 1 amide bonds. The molecule has 0 heterocycles. The molecule has 0 saturated carbocycles. The summed E-state index contributed by atoms with van der Waals surface area (Å²) in [4.78, 5) is 11.9. The fraction of sp³-hybridized carbons (Fsp3) is 0.118. The van der Waals surface area contributed by atoms with Crippen molar-refractivity contribution < 1.29 is 4.79 Å². The maximum atomic E-state index is 11.9. The van der Waals surface area contributed by atoms with Gasteiger partial charge in [0.15, 0.2) is 0 Å². The summed E-state index contributed by atoms with van der Waals surface area (Å²) < 4.78 is 0. The molecule has 0 bridgehead atoms. The number of nitrogens with two attached hydrogens (primary N) is 1. The normalized spacial score (nSPS) is 10.8. The molecule has 2 aromatic carbocycles. The standard InChI is InChI=1S/C17H17ClN2O/c1-11-6-7-13(10-15(11)19)8-9-17(21)20-16-5-3-4-14(18)12(16)2/h3-10H,19H2,1-2H3,(H,20,21)/b9-8+. The summed E-state index contributed by atoms with van der Waals surface area (Å²) in [6, 6.07) is 11.1. The Balaban J connectivity index is 2.09. The summed E-state index contributed by atoms with van der Waals surface area (Å²) in [7, 11) is 0. The summed E-state index contributed by atoms with van der Waals surface area (Å²) in [5, 5.41) is 3.43. The molecule has 0 atom stereocenters. The molecule has 3 nitrogen and oxygen atoms in total. The zero-order valence-corrected chi connectivity index (χ0v) is 12.7. The minimum atomic E-state index is -0.209. The third kappa shape index (κ3) is 3.86. The lowest BCUT2D eigenvalue weighted by molar-refractivity contribution is -0.111. The van der Waals surface area contributed by atoms with Crippen molar-refractivity contribution in [2.75, 3.05) is 11.1 Å². The van der Waals surface area contributed by atoms with Crippen molar-refractivity contribution in [3.63, 3.8) is 0 Å². The molecule has 0 spiro atoms. The van der Waals surface area contributed by atoms with E-state index in [0.29, 0.717) is 16.4 Å². The van der Waals surface area contributed by atoms with Gasteiger partial charge in [0.2, 0.25) is 5.91 Å². The molecule has 0 aliphatic carbocycles. The summed E-state index contributed by atoms with van der Waals surface area (Å²) in [6.07, 6.45) is 3.20. The van der Waals surface area contributed by atoms with Gasteiger partial charge in [0.05, 0.1) is 0 Å². The van der Waals surface area contributed by atoms with Crippen LogP contribution in [0, 0.1) is 13.8 Å². The van der Waals surface area contributed by atoms with E-state index in [1.165, 1.54) is 6.08 Å². The molecule has 0 unspecified atom stereocenters. The number of carbonyl (C=O) groups excluding carboxylic acids is 1. The largest absolute Gasteiger partial charge is 0.398 e. The number of halogens is 1. The van der Waals surface area contributed by atoms with Crippen molar-refractivity contribution in [3.05, 3.63) is 64.2 Å². The van der Waals surface area contributed by atoms with Crippen molar-refractivity contribution in [1.82, 2.24) is 0 Å². The number of hydrogen-bond donors (Lipinski definition) is 2. The first kappa shape index (κ1) is 15.1. The second kappa shape index (κ2) is 6.46. The highest BCUT2D eigenvalue weighted by Crippen LogP contribution is 2.23. The zero-order chi connectivity index (χ0) is 15.4. The maximum Gasteiger partial charge on any atom is 0.248 e. The van der Waals surface area contributed by atoms with Gasteiger partial charge in [-0.3, -0.25) is 4.79 Å². The van der Waals surface area contributed by atoms with Crippen LogP contribution >= 0.6 is 11.6 Å². The first-order chi connectivity index (χ1) is 9.97. The van der Waals surface area contributed by atoms with E-state index >= 15 is 0 Å². The van der Waals surface area contributed by atoms with Gasteiger partial charge in [-0.2, -0.15) is 0 Å². The molecule has 2 aromatic rings. The van der Waals surface area contributed by atoms with Gasteiger partial charge in [-0.05, 0) is 54.8 Å². The Morgan fingerprint density at radius 2 is 2.00 bits per heavy atom. The first-order valence-corrected chi connectivity index (χ1v) is 6.95. The second-order valence-electron chi connectivity index (χ2n) is 4.85. The average Bonchev–Trinajstić information content (AvgIpc) is 2.45. The van der Waals surface area contributed by atoms with Crippen LogP contribution < -0.4 is 11.1 Å². The van der Waals surface area contributed by atoms with Crippen molar-refractivity contribution in [2.45, 2.75) is 13.8 Å². The monoisotopic (exact) mass is 300 g/mol. The predicted octanol–water partition coefficient (Wildman–Crippen LogP) is 4.19. The molecule has 0 aromatic heterocycles. The SMILES string of the molecule is Cc1ccc(/C=C/C(=O)Nc2cccc(Cl)c2C)cc1N. The third-order valence-corrected chi connectivity index (χ3v) is 3.67. The number of aryl methyl sites for hydroxylation is 1. The van der Waals surface area contributed by atoms with Crippen LogP contribution in [0.5, 0.6) is 0 Å². The summed E-state index contributed by atoms with van der Waals surface area (Å²) >= 11 is 6.02. The number of benzene rings is 2. The summed E-state index contributed by atoms with van der Waals surface area (Å²) in [6.45, 7) is 3.81. The smallest absolute Gasteiger partial charge is 0.248 e. The molecule has 0 fully saturated rings. The summed E-state index contributed by atoms with van der Waals surface area (Å²) in [5.41, 5.74) is 10.0. The Kier molecular flexibility index (Phi) is 4.66. The van der Waals surface area contributed by atoms with Crippen molar-refractivity contribution in [1.29, 1.82) is 0 Å². The van der Waals surface area contributed by atoms with Crippen LogP contribution in [0.2, 0.25) is 5.02 Å². The average molecular weight is 301 g/mol. The first-order valence-electron chi connectivity index (χ1n) is 6.57. The number of nitrogen functional groups attached to an aromatic ring is 1. The summed E-state index contributed by atoms with van der Waals surface area (Å²) in [5.74, 6) is -0.209. The molecule has 21 heavy (non-hydrogen) atoms. The van der Waals surface area contributed by atoms with Gasteiger partial charge in [0.25, 0.3) is 0 Å². The molecular weight excluding hydrogens is 284 g/mol. The van der Waals surface area contributed by atoms with Crippen LogP contribution in [0.4, 0.5) is 11.4 Å². The van der Waals surface area contributed by atoms with Gasteiger partial charge in [-0.15, -0.1) is 0 Å². The van der Waals surface area contributed by atoms with Gasteiger partial charge in [-0.25, -0.2) is 0 Å². The fourth-order valence-corrected chi connectivity index (χ4v) is 2.03. The third-order valence-electron chi connectivity index (χ3n) is 3.26. The fourth-order valence-electron chi connectivity index (χ4n) is 1.85. The lowest BCUT2D eigenvalue weighted by Crippen LogP contribution is -2.09. The second-order valence-corrected chi connectivity index (χ2v) is 5.26. The lowest BCUT2D eigenvalue weighted by Gasteiger charge is -2.07. The lowest BCUT2D eigenvalue weighted by atomic mass is 10.1. The Bertz CT molecular complexity index is 708. The van der Waals surface area contributed by atoms with Crippen LogP contribution in [-0.4, -0.2) is 5.91 Å². The van der Waals surface area contributed by atoms with Gasteiger partial charge < -0.3 is 11.1 Å². The Hall–Kier alpha value is -2.26. The van der Waals surface area contributed by atoms with E-state index in [2.05, 4.69) is 5.32 Å². The van der Waals surface area contributed by atoms with Gasteiger partial charge in [0.1, 0.15) is 0 Å². The zero-order valence-electron chi connectivity index (χ0n) is 12.0. The minimum absolute atomic E-state index is 0.209. The van der Waals surface area contributed by atoms with E-state index in [1.807, 2.05) is 38.1 Å². The predicted molar refractivity (Wildman–Crippen MR) is 89.4 cm³/mol. The molecule has 0 aliphatic heterocycles. The number of anilines is 2. The van der Waals surface area contributed by atoms with Crippen molar-refractivity contribution in [3.8, 4) is 0 Å². The highest BCUT2D eigenvalue weighted by Gasteiger charge is 2.04. The van der Waals surface area contributed by atoms with E-state index in [-0.39, 0.29) is 5.91 Å². The number of rotatable bonds is 3. The van der Waals surface area contributed by atoms with Gasteiger partial charge in [-0.1, -0.05) is 29.8 Å². The molecule has 108 valence electrons. The quantitative estimate of drug-likeness (QED) is 0.659. The molecule has 3 N–H and O–H groups in total. The van der Waals surface area contributed by atoms with Crippen molar-refractivity contribution in [2.24, 2.45) is 0 Å².